The average Bonchev–Trinajstić information content (AvgIpc) is 2.95. The number of methoxy groups -OCH3 is 4. The van der Waals surface area contributed by atoms with Crippen molar-refractivity contribution in [1.82, 2.24) is 0 Å². The summed E-state index contributed by atoms with van der Waals surface area (Å²) in [6.45, 7) is 0. The van der Waals surface area contributed by atoms with Gasteiger partial charge in [-0.05, 0) is 48.5 Å². The number of rotatable bonds is 10. The first kappa shape index (κ1) is 27.3. The zero-order chi connectivity index (χ0) is 28.2. The van der Waals surface area contributed by atoms with E-state index in [2.05, 4.69) is 0 Å². The standard InChI is InChI=1S/C28H28N2O8S/c1-33-23-13-21(14-24(34-2)27(23)37-19-9-5-17(29)6-10-19)39(31,32)22-15-25(35-3)28(26(16-22)36-4)38-20-11-7-18(30)8-12-20/h5-16H,29-30H2,1-4H3. The van der Waals surface area contributed by atoms with E-state index < -0.39 is 9.84 Å². The van der Waals surface area contributed by atoms with Crippen LogP contribution in [0.15, 0.2) is 82.6 Å². The van der Waals surface area contributed by atoms with Crippen molar-refractivity contribution in [3.05, 3.63) is 72.8 Å². The van der Waals surface area contributed by atoms with Crippen molar-refractivity contribution in [2.24, 2.45) is 0 Å². The van der Waals surface area contributed by atoms with E-state index in [0.717, 1.165) is 0 Å². The van der Waals surface area contributed by atoms with Gasteiger partial charge in [0.15, 0.2) is 23.0 Å². The van der Waals surface area contributed by atoms with Gasteiger partial charge in [-0.1, -0.05) is 0 Å². The quantitative estimate of drug-likeness (QED) is 0.249. The fourth-order valence-electron chi connectivity index (χ4n) is 3.67. The smallest absolute Gasteiger partial charge is 0.211 e. The van der Waals surface area contributed by atoms with E-state index in [1.165, 1.54) is 52.7 Å². The molecule has 0 aliphatic rings. The highest BCUT2D eigenvalue weighted by molar-refractivity contribution is 7.91. The summed E-state index contributed by atoms with van der Waals surface area (Å²) < 4.78 is 61.3. The Labute approximate surface area is 226 Å². The van der Waals surface area contributed by atoms with E-state index in [0.29, 0.717) is 22.9 Å². The molecule has 0 aliphatic heterocycles. The van der Waals surface area contributed by atoms with Gasteiger partial charge in [0.25, 0.3) is 0 Å². The number of benzene rings is 4. The lowest BCUT2D eigenvalue weighted by Crippen LogP contribution is -2.06. The van der Waals surface area contributed by atoms with E-state index in [1.807, 2.05) is 0 Å². The van der Waals surface area contributed by atoms with Crippen molar-refractivity contribution in [1.29, 1.82) is 0 Å². The molecule has 4 aromatic rings. The molecule has 10 nitrogen and oxygen atoms in total. The van der Waals surface area contributed by atoms with Gasteiger partial charge in [-0.25, -0.2) is 8.42 Å². The fourth-order valence-corrected chi connectivity index (χ4v) is 4.99. The Morgan fingerprint density at radius 2 is 0.795 bits per heavy atom. The SMILES string of the molecule is COc1cc(S(=O)(=O)c2cc(OC)c(Oc3ccc(N)cc3)c(OC)c2)cc(OC)c1Oc1ccc(N)cc1. The fraction of sp³-hybridized carbons (Fsp3) is 0.143. The Hall–Kier alpha value is -4.77. The van der Waals surface area contributed by atoms with Gasteiger partial charge in [0.1, 0.15) is 11.5 Å². The second kappa shape index (κ2) is 11.3. The van der Waals surface area contributed by atoms with Gasteiger partial charge in [-0.2, -0.15) is 0 Å². The summed E-state index contributed by atoms with van der Waals surface area (Å²) in [7, 11) is 1.47. The lowest BCUT2D eigenvalue weighted by molar-refractivity contribution is 0.343. The van der Waals surface area contributed by atoms with Crippen LogP contribution >= 0.6 is 0 Å². The first-order chi connectivity index (χ1) is 18.7. The molecule has 0 radical (unpaired) electrons. The lowest BCUT2D eigenvalue weighted by Gasteiger charge is -2.18. The Morgan fingerprint density at radius 1 is 0.513 bits per heavy atom. The van der Waals surface area contributed by atoms with Gasteiger partial charge in [-0.15, -0.1) is 0 Å². The molecule has 0 heterocycles. The third-order valence-electron chi connectivity index (χ3n) is 5.69. The summed E-state index contributed by atoms with van der Waals surface area (Å²) in [5.41, 5.74) is 12.6. The van der Waals surface area contributed by atoms with Crippen LogP contribution in [0.3, 0.4) is 0 Å². The minimum Gasteiger partial charge on any atom is -0.493 e. The van der Waals surface area contributed by atoms with Crippen LogP contribution in [0.25, 0.3) is 0 Å². The van der Waals surface area contributed by atoms with E-state index in [-0.39, 0.29) is 44.3 Å². The van der Waals surface area contributed by atoms with Crippen LogP contribution in [0.4, 0.5) is 11.4 Å². The summed E-state index contributed by atoms with van der Waals surface area (Å²) in [5.74, 6) is 1.90. The van der Waals surface area contributed by atoms with Crippen LogP contribution in [0.5, 0.6) is 46.0 Å². The van der Waals surface area contributed by atoms with Gasteiger partial charge in [0.2, 0.25) is 21.3 Å². The van der Waals surface area contributed by atoms with Gasteiger partial charge in [0, 0.05) is 35.6 Å². The van der Waals surface area contributed by atoms with E-state index in [4.69, 9.17) is 39.9 Å². The van der Waals surface area contributed by atoms with Crippen molar-refractivity contribution in [2.75, 3.05) is 39.9 Å². The molecule has 4 rings (SSSR count). The summed E-state index contributed by atoms with van der Waals surface area (Å²) >= 11 is 0. The molecule has 0 saturated carbocycles. The van der Waals surface area contributed by atoms with Crippen LogP contribution in [-0.4, -0.2) is 36.9 Å². The highest BCUT2D eigenvalue weighted by Crippen LogP contribution is 2.46. The molecule has 0 fully saturated rings. The Kier molecular flexibility index (Phi) is 7.91. The summed E-state index contributed by atoms with van der Waals surface area (Å²) in [5, 5.41) is 0. The van der Waals surface area contributed by atoms with Gasteiger partial charge >= 0.3 is 0 Å². The van der Waals surface area contributed by atoms with Crippen LogP contribution < -0.4 is 39.9 Å². The second-order valence-corrected chi connectivity index (χ2v) is 10.1. The average molecular weight is 553 g/mol. The molecule has 0 amide bonds. The van der Waals surface area contributed by atoms with E-state index in [1.54, 1.807) is 48.5 Å². The van der Waals surface area contributed by atoms with Crippen LogP contribution in [0, 0.1) is 0 Å². The molecule has 0 aromatic heterocycles. The summed E-state index contributed by atoms with van der Waals surface area (Å²) in [6.07, 6.45) is 0. The minimum atomic E-state index is -4.12. The summed E-state index contributed by atoms with van der Waals surface area (Å²) in [4.78, 5) is -0.200. The molecular weight excluding hydrogens is 524 g/mol. The number of nitrogen functional groups attached to an aromatic ring is 2. The molecule has 39 heavy (non-hydrogen) atoms. The Bertz CT molecular complexity index is 1410. The molecule has 0 atom stereocenters. The molecule has 0 aliphatic carbocycles. The number of ether oxygens (including phenoxy) is 6. The molecular formula is C28H28N2O8S. The monoisotopic (exact) mass is 552 g/mol. The molecule has 4 aromatic carbocycles. The number of anilines is 2. The Balaban J connectivity index is 1.77. The topological polar surface area (TPSA) is 142 Å². The molecule has 0 saturated heterocycles. The molecule has 11 heteroatoms. The first-order valence-corrected chi connectivity index (χ1v) is 13.0. The maximum Gasteiger partial charge on any atom is 0.211 e. The predicted octanol–water partition coefficient (Wildman–Crippen LogP) is 5.30. The zero-order valence-corrected chi connectivity index (χ0v) is 22.6. The normalized spacial score (nSPS) is 11.0. The van der Waals surface area contributed by atoms with Crippen molar-refractivity contribution in [2.45, 2.75) is 9.79 Å². The minimum absolute atomic E-state index is 0.0998. The van der Waals surface area contributed by atoms with Gasteiger partial charge in [0.05, 0.1) is 38.2 Å². The Morgan fingerprint density at radius 3 is 1.05 bits per heavy atom. The van der Waals surface area contributed by atoms with Crippen molar-refractivity contribution in [3.63, 3.8) is 0 Å². The van der Waals surface area contributed by atoms with Crippen LogP contribution in [-0.2, 0) is 9.84 Å². The van der Waals surface area contributed by atoms with Crippen molar-refractivity contribution < 1.29 is 36.8 Å². The van der Waals surface area contributed by atoms with Crippen molar-refractivity contribution >= 4 is 21.2 Å². The summed E-state index contributed by atoms with van der Waals surface area (Å²) in [6, 6.07) is 18.8. The number of nitrogens with two attached hydrogens (primary N) is 2. The van der Waals surface area contributed by atoms with E-state index >= 15 is 0 Å². The largest absolute Gasteiger partial charge is 0.493 e. The number of hydrogen-bond acceptors (Lipinski definition) is 10. The molecule has 0 unspecified atom stereocenters. The number of hydrogen-bond donors (Lipinski definition) is 2. The molecule has 204 valence electrons. The highest BCUT2D eigenvalue weighted by Gasteiger charge is 2.27. The second-order valence-electron chi connectivity index (χ2n) is 8.16. The number of sulfone groups is 1. The third-order valence-corrected chi connectivity index (χ3v) is 7.40. The lowest BCUT2D eigenvalue weighted by atomic mass is 10.2. The maximum atomic E-state index is 13.8. The van der Waals surface area contributed by atoms with Crippen molar-refractivity contribution in [3.8, 4) is 46.0 Å². The first-order valence-electron chi connectivity index (χ1n) is 11.5. The molecule has 4 N–H and O–H groups in total. The highest BCUT2D eigenvalue weighted by atomic mass is 32.2. The van der Waals surface area contributed by atoms with Crippen LogP contribution in [0.1, 0.15) is 0 Å². The zero-order valence-electron chi connectivity index (χ0n) is 21.8. The predicted molar refractivity (Wildman–Crippen MR) is 146 cm³/mol. The third kappa shape index (κ3) is 5.73. The van der Waals surface area contributed by atoms with Gasteiger partial charge < -0.3 is 39.9 Å². The maximum absolute atomic E-state index is 13.8. The van der Waals surface area contributed by atoms with Crippen LogP contribution in [0.2, 0.25) is 0 Å². The molecule has 0 bridgehead atoms. The van der Waals surface area contributed by atoms with E-state index in [9.17, 15) is 8.42 Å². The molecule has 0 spiro atoms. The van der Waals surface area contributed by atoms with Gasteiger partial charge in [-0.3, -0.25) is 0 Å².